The van der Waals surface area contributed by atoms with Gasteiger partial charge in [0.1, 0.15) is 0 Å². The molecule has 0 amide bonds. The minimum atomic E-state index is -2.91. The molecule has 2 rings (SSSR count). The van der Waals surface area contributed by atoms with Crippen LogP contribution in [0.1, 0.15) is 22.0 Å². The summed E-state index contributed by atoms with van der Waals surface area (Å²) in [6.07, 6.45) is 0.462. The number of sulfone groups is 1. The zero-order chi connectivity index (χ0) is 12.6. The van der Waals surface area contributed by atoms with Crippen molar-refractivity contribution in [1.82, 2.24) is 4.98 Å². The monoisotopic (exact) mass is 275 g/mol. The second-order valence-electron chi connectivity index (χ2n) is 4.68. The average Bonchev–Trinajstić information content (AvgIpc) is 2.71. The zero-order valence-electron chi connectivity index (χ0n) is 10.0. The quantitative estimate of drug-likeness (QED) is 0.897. The van der Waals surface area contributed by atoms with Gasteiger partial charge in [-0.05, 0) is 20.3 Å². The molecule has 1 aromatic rings. The lowest BCUT2D eigenvalue weighted by atomic mass is 10.00. The Hall–Kier alpha value is -0.460. The summed E-state index contributed by atoms with van der Waals surface area (Å²) in [6.45, 7) is 3.95. The van der Waals surface area contributed by atoms with Crippen molar-refractivity contribution in [3.63, 3.8) is 0 Å². The van der Waals surface area contributed by atoms with E-state index in [-0.39, 0.29) is 17.4 Å². The molecular formula is C11H17NO3S2. The minimum absolute atomic E-state index is 0.121. The lowest BCUT2D eigenvalue weighted by Crippen LogP contribution is -2.23. The number of aliphatic hydroxyl groups is 1. The molecule has 2 unspecified atom stereocenters. The van der Waals surface area contributed by atoms with E-state index < -0.39 is 15.9 Å². The molecule has 1 fully saturated rings. The molecule has 1 aromatic heterocycles. The number of thiazole rings is 1. The normalized spacial score (nSPS) is 25.0. The predicted octanol–water partition coefficient (Wildman–Crippen LogP) is 1.10. The van der Waals surface area contributed by atoms with Crippen LogP contribution in [0.4, 0.5) is 0 Å². The molecule has 1 aliphatic rings. The van der Waals surface area contributed by atoms with Crippen molar-refractivity contribution >= 4 is 21.2 Å². The first kappa shape index (κ1) is 13.0. The van der Waals surface area contributed by atoms with Gasteiger partial charge in [0.2, 0.25) is 0 Å². The predicted molar refractivity (Wildman–Crippen MR) is 68.1 cm³/mol. The van der Waals surface area contributed by atoms with Gasteiger partial charge in [-0.1, -0.05) is 0 Å². The van der Waals surface area contributed by atoms with Gasteiger partial charge in [-0.25, -0.2) is 13.4 Å². The van der Waals surface area contributed by atoms with E-state index in [9.17, 15) is 13.5 Å². The Balaban J connectivity index is 2.00. The fourth-order valence-electron chi connectivity index (χ4n) is 2.10. The van der Waals surface area contributed by atoms with Crippen LogP contribution >= 0.6 is 11.3 Å². The Morgan fingerprint density at radius 3 is 2.71 bits per heavy atom. The van der Waals surface area contributed by atoms with Gasteiger partial charge >= 0.3 is 0 Å². The van der Waals surface area contributed by atoms with Crippen LogP contribution in [0.15, 0.2) is 0 Å². The highest BCUT2D eigenvalue weighted by Crippen LogP contribution is 2.25. The molecule has 6 heteroatoms. The Kier molecular flexibility index (Phi) is 3.56. The highest BCUT2D eigenvalue weighted by Gasteiger charge is 2.33. The molecule has 96 valence electrons. The summed E-state index contributed by atoms with van der Waals surface area (Å²) in [7, 11) is -2.91. The molecule has 0 aromatic carbocycles. The standard InChI is InChI=1S/C11H17NO3S2/c1-7-8(2)16-11(12-7)5-10(13)9-3-4-17(14,15)6-9/h9-10,13H,3-6H2,1-2H3. The highest BCUT2D eigenvalue weighted by molar-refractivity contribution is 7.91. The molecule has 1 N–H and O–H groups in total. The number of aliphatic hydroxyl groups excluding tert-OH is 1. The number of aryl methyl sites for hydroxylation is 2. The first-order chi connectivity index (χ1) is 7.87. The van der Waals surface area contributed by atoms with E-state index in [4.69, 9.17) is 0 Å². The number of rotatable bonds is 3. The molecule has 0 aliphatic carbocycles. The van der Waals surface area contributed by atoms with Gasteiger partial charge in [0.05, 0.1) is 28.3 Å². The maximum atomic E-state index is 11.3. The summed E-state index contributed by atoms with van der Waals surface area (Å²) in [5.74, 6) is 0.215. The van der Waals surface area contributed by atoms with Crippen molar-refractivity contribution in [2.45, 2.75) is 32.8 Å². The van der Waals surface area contributed by atoms with Gasteiger partial charge in [-0.15, -0.1) is 11.3 Å². The number of hydrogen-bond acceptors (Lipinski definition) is 5. The molecule has 0 spiro atoms. The Morgan fingerprint density at radius 2 is 2.24 bits per heavy atom. The topological polar surface area (TPSA) is 67.3 Å². The SMILES string of the molecule is Cc1nc(CC(O)C2CCS(=O)(=O)C2)sc1C. The van der Waals surface area contributed by atoms with Crippen LogP contribution in [-0.4, -0.2) is 36.1 Å². The summed E-state index contributed by atoms with van der Waals surface area (Å²) in [5, 5.41) is 10.9. The number of hydrogen-bond donors (Lipinski definition) is 1. The third-order valence-corrected chi connectivity index (χ3v) is 6.16. The van der Waals surface area contributed by atoms with E-state index in [1.807, 2.05) is 13.8 Å². The Morgan fingerprint density at radius 1 is 1.53 bits per heavy atom. The summed E-state index contributed by atoms with van der Waals surface area (Å²) < 4.78 is 22.7. The average molecular weight is 275 g/mol. The Bertz CT molecular complexity index is 487. The second-order valence-corrected chi connectivity index (χ2v) is 8.20. The van der Waals surface area contributed by atoms with Crippen molar-refractivity contribution in [3.05, 3.63) is 15.6 Å². The van der Waals surface area contributed by atoms with Crippen LogP contribution in [-0.2, 0) is 16.3 Å². The summed E-state index contributed by atoms with van der Waals surface area (Å²) in [6, 6.07) is 0. The van der Waals surface area contributed by atoms with Gasteiger partial charge < -0.3 is 5.11 Å². The Labute approximate surface area is 106 Å². The molecule has 1 saturated heterocycles. The number of aromatic nitrogens is 1. The first-order valence-electron chi connectivity index (χ1n) is 5.69. The third-order valence-electron chi connectivity index (χ3n) is 3.27. The van der Waals surface area contributed by atoms with Crippen molar-refractivity contribution in [2.24, 2.45) is 5.92 Å². The molecular weight excluding hydrogens is 258 g/mol. The van der Waals surface area contributed by atoms with E-state index in [1.165, 1.54) is 0 Å². The van der Waals surface area contributed by atoms with Crippen LogP contribution < -0.4 is 0 Å². The van der Waals surface area contributed by atoms with E-state index in [0.29, 0.717) is 12.8 Å². The van der Waals surface area contributed by atoms with E-state index in [1.54, 1.807) is 11.3 Å². The van der Waals surface area contributed by atoms with E-state index in [2.05, 4.69) is 4.98 Å². The molecule has 1 aliphatic heterocycles. The summed E-state index contributed by atoms with van der Waals surface area (Å²) in [5.41, 5.74) is 0.997. The van der Waals surface area contributed by atoms with Gasteiger partial charge in [0.25, 0.3) is 0 Å². The van der Waals surface area contributed by atoms with Gasteiger partial charge in [0.15, 0.2) is 9.84 Å². The second kappa shape index (κ2) is 4.66. The van der Waals surface area contributed by atoms with Gasteiger partial charge in [-0.3, -0.25) is 0 Å². The van der Waals surface area contributed by atoms with Crippen LogP contribution in [0.2, 0.25) is 0 Å². The maximum Gasteiger partial charge on any atom is 0.150 e. The van der Waals surface area contributed by atoms with Crippen molar-refractivity contribution < 1.29 is 13.5 Å². The fourth-order valence-corrected chi connectivity index (χ4v) is 4.95. The van der Waals surface area contributed by atoms with E-state index in [0.717, 1.165) is 15.6 Å². The lowest BCUT2D eigenvalue weighted by Gasteiger charge is -2.14. The molecule has 0 saturated carbocycles. The summed E-state index contributed by atoms with van der Waals surface area (Å²) in [4.78, 5) is 5.53. The lowest BCUT2D eigenvalue weighted by molar-refractivity contribution is 0.120. The van der Waals surface area contributed by atoms with Gasteiger partial charge in [-0.2, -0.15) is 0 Å². The van der Waals surface area contributed by atoms with Crippen LogP contribution in [0.3, 0.4) is 0 Å². The zero-order valence-corrected chi connectivity index (χ0v) is 11.6. The smallest absolute Gasteiger partial charge is 0.150 e. The number of nitrogens with zero attached hydrogens (tertiary/aromatic N) is 1. The highest BCUT2D eigenvalue weighted by atomic mass is 32.2. The molecule has 0 radical (unpaired) electrons. The van der Waals surface area contributed by atoms with Crippen LogP contribution in [0, 0.1) is 19.8 Å². The van der Waals surface area contributed by atoms with Crippen molar-refractivity contribution in [3.8, 4) is 0 Å². The van der Waals surface area contributed by atoms with Crippen molar-refractivity contribution in [1.29, 1.82) is 0 Å². The third kappa shape index (κ3) is 3.05. The van der Waals surface area contributed by atoms with Crippen LogP contribution in [0.5, 0.6) is 0 Å². The molecule has 2 heterocycles. The maximum absolute atomic E-state index is 11.3. The molecule has 2 atom stereocenters. The summed E-state index contributed by atoms with van der Waals surface area (Å²) >= 11 is 1.58. The fraction of sp³-hybridized carbons (Fsp3) is 0.727. The first-order valence-corrected chi connectivity index (χ1v) is 8.32. The van der Waals surface area contributed by atoms with Crippen molar-refractivity contribution in [2.75, 3.05) is 11.5 Å². The van der Waals surface area contributed by atoms with E-state index >= 15 is 0 Å². The molecule has 0 bridgehead atoms. The molecule has 4 nitrogen and oxygen atoms in total. The minimum Gasteiger partial charge on any atom is -0.392 e. The van der Waals surface area contributed by atoms with Gasteiger partial charge in [0, 0.05) is 17.2 Å². The van der Waals surface area contributed by atoms with Crippen LogP contribution in [0.25, 0.3) is 0 Å². The largest absolute Gasteiger partial charge is 0.392 e. The molecule has 17 heavy (non-hydrogen) atoms.